The summed E-state index contributed by atoms with van der Waals surface area (Å²) in [6.45, 7) is 3.20. The average Bonchev–Trinajstić information content (AvgIpc) is 2.71. The molecule has 0 unspecified atom stereocenters. The maximum atomic E-state index is 12.7. The van der Waals surface area contributed by atoms with Crippen LogP contribution in [0.3, 0.4) is 0 Å². The number of carbonyl (C=O) groups excluding carboxylic acids is 1. The maximum absolute atomic E-state index is 12.7. The molecule has 1 aliphatic rings. The first-order valence-electron chi connectivity index (χ1n) is 6.53. The Labute approximate surface area is 107 Å². The highest BCUT2D eigenvalue weighted by Gasteiger charge is 2.45. The van der Waals surface area contributed by atoms with Gasteiger partial charge in [0.1, 0.15) is 5.69 Å². The van der Waals surface area contributed by atoms with Gasteiger partial charge in [0.2, 0.25) is 0 Å². The van der Waals surface area contributed by atoms with Crippen LogP contribution in [0, 0.1) is 5.41 Å². The monoisotopic (exact) mass is 251 g/mol. The van der Waals surface area contributed by atoms with Gasteiger partial charge in [-0.05, 0) is 19.3 Å². The van der Waals surface area contributed by atoms with Gasteiger partial charge in [-0.1, -0.05) is 13.3 Å². The van der Waals surface area contributed by atoms with Crippen molar-refractivity contribution in [1.29, 1.82) is 0 Å². The molecule has 1 aromatic rings. The van der Waals surface area contributed by atoms with Crippen LogP contribution in [-0.4, -0.2) is 29.2 Å². The van der Waals surface area contributed by atoms with Crippen LogP contribution in [0.1, 0.15) is 43.1 Å². The molecule has 100 valence electrons. The van der Waals surface area contributed by atoms with Gasteiger partial charge in [-0.3, -0.25) is 9.48 Å². The summed E-state index contributed by atoms with van der Waals surface area (Å²) >= 11 is 0. The van der Waals surface area contributed by atoms with Gasteiger partial charge >= 0.3 is 0 Å². The molecular formula is C13H21N3O2. The van der Waals surface area contributed by atoms with E-state index >= 15 is 0 Å². The first-order chi connectivity index (χ1) is 8.68. The fourth-order valence-corrected chi connectivity index (χ4v) is 2.51. The van der Waals surface area contributed by atoms with E-state index in [0.29, 0.717) is 18.0 Å². The molecule has 18 heavy (non-hydrogen) atoms. The number of nitrogens with two attached hydrogens (primary N) is 1. The molecule has 0 aromatic carbocycles. The number of ketones is 1. The zero-order valence-corrected chi connectivity index (χ0v) is 11.1. The summed E-state index contributed by atoms with van der Waals surface area (Å²) in [5.74, 6) is 0.659. The van der Waals surface area contributed by atoms with Gasteiger partial charge in [-0.15, -0.1) is 0 Å². The van der Waals surface area contributed by atoms with Crippen LogP contribution < -0.4 is 10.5 Å². The smallest absolute Gasteiger partial charge is 0.192 e. The number of carbonyl (C=O) groups is 1. The van der Waals surface area contributed by atoms with Gasteiger partial charge in [0, 0.05) is 18.5 Å². The first-order valence-corrected chi connectivity index (χ1v) is 6.53. The first kappa shape index (κ1) is 13.1. The quantitative estimate of drug-likeness (QED) is 0.780. The van der Waals surface area contributed by atoms with Crippen LogP contribution in [0.4, 0.5) is 0 Å². The van der Waals surface area contributed by atoms with Crippen molar-refractivity contribution in [3.8, 4) is 5.75 Å². The summed E-state index contributed by atoms with van der Waals surface area (Å²) in [6.07, 6.45) is 5.38. The van der Waals surface area contributed by atoms with Crippen LogP contribution in [0.15, 0.2) is 6.20 Å². The van der Waals surface area contributed by atoms with Gasteiger partial charge in [-0.2, -0.15) is 5.10 Å². The molecule has 0 bridgehead atoms. The minimum Gasteiger partial charge on any atom is -0.493 e. The Bertz CT molecular complexity index is 430. The van der Waals surface area contributed by atoms with Crippen molar-refractivity contribution in [1.82, 2.24) is 9.78 Å². The molecule has 5 nitrogen and oxygen atoms in total. The second-order valence-electron chi connectivity index (χ2n) is 4.95. The highest BCUT2D eigenvalue weighted by atomic mass is 16.5. The van der Waals surface area contributed by atoms with Gasteiger partial charge in [0.15, 0.2) is 11.5 Å². The largest absolute Gasteiger partial charge is 0.493 e. The highest BCUT2D eigenvalue weighted by Crippen LogP contribution is 2.43. The molecule has 1 saturated carbocycles. The molecule has 0 spiro atoms. The van der Waals surface area contributed by atoms with Crippen LogP contribution in [0.25, 0.3) is 0 Å². The molecule has 5 heteroatoms. The van der Waals surface area contributed by atoms with Gasteiger partial charge < -0.3 is 10.5 Å². The summed E-state index contributed by atoms with van der Waals surface area (Å²) in [7, 11) is 1.57. The van der Waals surface area contributed by atoms with Crippen LogP contribution >= 0.6 is 0 Å². The van der Waals surface area contributed by atoms with E-state index in [9.17, 15) is 4.79 Å². The van der Waals surface area contributed by atoms with Crippen molar-refractivity contribution >= 4 is 5.78 Å². The van der Waals surface area contributed by atoms with E-state index in [2.05, 4.69) is 12.0 Å². The summed E-state index contributed by atoms with van der Waals surface area (Å²) in [5.41, 5.74) is 6.01. The van der Waals surface area contributed by atoms with Crippen molar-refractivity contribution in [2.24, 2.45) is 11.1 Å². The molecule has 0 amide bonds. The molecule has 1 aliphatic carbocycles. The molecule has 0 saturated heterocycles. The van der Waals surface area contributed by atoms with Crippen LogP contribution in [0.5, 0.6) is 5.75 Å². The molecule has 0 aliphatic heterocycles. The zero-order chi connectivity index (χ0) is 13.2. The third-order valence-electron chi connectivity index (χ3n) is 3.86. The molecule has 2 N–H and O–H groups in total. The number of Topliss-reactive ketones (excluding diaryl/α,β-unsaturated/α-hetero) is 1. The molecule has 1 aromatic heterocycles. The lowest BCUT2D eigenvalue weighted by atomic mass is 9.65. The Kier molecular flexibility index (Phi) is 3.71. The van der Waals surface area contributed by atoms with E-state index in [1.807, 2.05) is 0 Å². The van der Waals surface area contributed by atoms with Crippen LogP contribution in [0.2, 0.25) is 0 Å². The fraction of sp³-hybridized carbons (Fsp3) is 0.692. The lowest BCUT2D eigenvalue weighted by molar-refractivity contribution is 0.0619. The third kappa shape index (κ3) is 1.92. The number of aromatic nitrogens is 2. The van der Waals surface area contributed by atoms with E-state index in [1.54, 1.807) is 18.0 Å². The number of hydrogen-bond acceptors (Lipinski definition) is 4. The maximum Gasteiger partial charge on any atom is 0.192 e. The Morgan fingerprint density at radius 2 is 2.33 bits per heavy atom. The normalized spacial score (nSPS) is 17.3. The zero-order valence-electron chi connectivity index (χ0n) is 11.1. The summed E-state index contributed by atoms with van der Waals surface area (Å²) in [5, 5.41) is 4.23. The number of ether oxygens (including phenoxy) is 1. The van der Waals surface area contributed by atoms with E-state index < -0.39 is 0 Å². The fourth-order valence-electron chi connectivity index (χ4n) is 2.51. The third-order valence-corrected chi connectivity index (χ3v) is 3.86. The van der Waals surface area contributed by atoms with Crippen molar-refractivity contribution in [3.63, 3.8) is 0 Å². The van der Waals surface area contributed by atoms with Gasteiger partial charge in [-0.25, -0.2) is 0 Å². The SMILES string of the molecule is CCCn1ncc(OC)c1C(=O)C1(CN)CCC1. The minimum absolute atomic E-state index is 0.0963. The molecule has 1 fully saturated rings. The second kappa shape index (κ2) is 5.10. The van der Waals surface area contributed by atoms with Crippen LogP contribution in [-0.2, 0) is 6.54 Å². The number of nitrogens with zero attached hydrogens (tertiary/aromatic N) is 2. The number of aryl methyl sites for hydroxylation is 1. The Morgan fingerprint density at radius 1 is 1.61 bits per heavy atom. The summed E-state index contributed by atoms with van der Waals surface area (Å²) in [6, 6.07) is 0. The molecular weight excluding hydrogens is 230 g/mol. The van der Waals surface area contributed by atoms with E-state index in [4.69, 9.17) is 10.5 Å². The van der Waals surface area contributed by atoms with Crippen molar-refractivity contribution in [3.05, 3.63) is 11.9 Å². The van der Waals surface area contributed by atoms with Gasteiger partial charge in [0.25, 0.3) is 0 Å². The Hall–Kier alpha value is -1.36. The Morgan fingerprint density at radius 3 is 2.78 bits per heavy atom. The molecule has 1 heterocycles. The standard InChI is InChI=1S/C13H21N3O2/c1-3-7-16-11(10(18-2)8-15-16)12(17)13(9-14)5-4-6-13/h8H,3-7,9,14H2,1-2H3. The van der Waals surface area contributed by atoms with Crippen molar-refractivity contribution in [2.75, 3.05) is 13.7 Å². The topological polar surface area (TPSA) is 70.1 Å². The Balaban J connectivity index is 2.36. The highest BCUT2D eigenvalue weighted by molar-refractivity contribution is 6.02. The van der Waals surface area contributed by atoms with Crippen molar-refractivity contribution < 1.29 is 9.53 Å². The van der Waals surface area contributed by atoms with Crippen molar-refractivity contribution in [2.45, 2.75) is 39.2 Å². The summed E-state index contributed by atoms with van der Waals surface area (Å²) < 4.78 is 7.00. The predicted molar refractivity (Wildman–Crippen MR) is 68.7 cm³/mol. The molecule has 0 radical (unpaired) electrons. The molecule has 0 atom stereocenters. The predicted octanol–water partition coefficient (Wildman–Crippen LogP) is 1.61. The number of rotatable bonds is 6. The minimum atomic E-state index is -0.376. The molecule has 2 rings (SSSR count). The average molecular weight is 251 g/mol. The van der Waals surface area contributed by atoms with E-state index in [0.717, 1.165) is 32.2 Å². The second-order valence-corrected chi connectivity index (χ2v) is 4.95. The van der Waals surface area contributed by atoms with E-state index in [1.165, 1.54) is 0 Å². The lowest BCUT2D eigenvalue weighted by Gasteiger charge is -2.39. The van der Waals surface area contributed by atoms with Gasteiger partial charge in [0.05, 0.1) is 13.3 Å². The number of hydrogen-bond donors (Lipinski definition) is 1. The number of methoxy groups -OCH3 is 1. The lowest BCUT2D eigenvalue weighted by Crippen LogP contribution is -2.45. The summed E-state index contributed by atoms with van der Waals surface area (Å²) in [4.78, 5) is 12.7. The van der Waals surface area contributed by atoms with E-state index in [-0.39, 0.29) is 11.2 Å².